The van der Waals surface area contributed by atoms with Gasteiger partial charge in [0.05, 0.1) is 27.4 Å². The number of nitro benzene ring substituents is 1. The third-order valence-electron chi connectivity index (χ3n) is 6.43. The molecule has 8 heteroatoms. The van der Waals surface area contributed by atoms with Gasteiger partial charge in [-0.05, 0) is 49.7 Å². The maximum atomic E-state index is 11.2. The number of nitro groups is 1. The van der Waals surface area contributed by atoms with Gasteiger partial charge in [0.25, 0.3) is 5.69 Å². The monoisotopic (exact) mass is 470 g/mol. The van der Waals surface area contributed by atoms with Crippen molar-refractivity contribution < 1.29 is 15.2 Å². The zero-order valence-corrected chi connectivity index (χ0v) is 19.2. The lowest BCUT2D eigenvalue weighted by Crippen LogP contribution is -2.28. The van der Waals surface area contributed by atoms with E-state index in [4.69, 9.17) is 4.99 Å². The number of rotatable bonds is 6. The van der Waals surface area contributed by atoms with Crippen molar-refractivity contribution >= 4 is 28.0 Å². The summed E-state index contributed by atoms with van der Waals surface area (Å²) in [5, 5.41) is 33.0. The Morgan fingerprint density at radius 1 is 0.971 bits per heavy atom. The van der Waals surface area contributed by atoms with Crippen molar-refractivity contribution in [1.82, 2.24) is 9.63 Å². The van der Waals surface area contributed by atoms with Crippen LogP contribution in [0.25, 0.3) is 10.9 Å². The van der Waals surface area contributed by atoms with Gasteiger partial charge in [0, 0.05) is 29.6 Å². The first kappa shape index (κ1) is 22.6. The van der Waals surface area contributed by atoms with E-state index >= 15 is 0 Å². The predicted octanol–water partition coefficient (Wildman–Crippen LogP) is 5.65. The van der Waals surface area contributed by atoms with E-state index in [1.165, 1.54) is 43.0 Å². The van der Waals surface area contributed by atoms with Crippen molar-refractivity contribution in [2.75, 3.05) is 13.1 Å². The first-order valence-corrected chi connectivity index (χ1v) is 11.7. The molecule has 8 nitrogen and oxygen atoms in total. The van der Waals surface area contributed by atoms with Crippen molar-refractivity contribution in [3.8, 4) is 5.88 Å². The SMILES string of the molecule is O=[N+]([O-])c1ccc2c(C(=Nc3ccc(CN4CCCCC4)cc3)c3ccccc3)c(O)n(O)c2c1. The fourth-order valence-electron chi connectivity index (χ4n) is 4.64. The number of piperidine rings is 1. The van der Waals surface area contributed by atoms with Gasteiger partial charge >= 0.3 is 0 Å². The van der Waals surface area contributed by atoms with Crippen LogP contribution in [0.3, 0.4) is 0 Å². The van der Waals surface area contributed by atoms with Gasteiger partial charge in [0.1, 0.15) is 0 Å². The smallest absolute Gasteiger partial charge is 0.271 e. The number of aromatic nitrogens is 1. The van der Waals surface area contributed by atoms with Gasteiger partial charge in [-0.1, -0.05) is 48.9 Å². The summed E-state index contributed by atoms with van der Waals surface area (Å²) in [6.45, 7) is 3.16. The molecule has 0 aliphatic carbocycles. The zero-order valence-electron chi connectivity index (χ0n) is 19.2. The van der Waals surface area contributed by atoms with Gasteiger partial charge < -0.3 is 10.3 Å². The van der Waals surface area contributed by atoms with E-state index < -0.39 is 10.8 Å². The molecule has 1 aliphatic rings. The van der Waals surface area contributed by atoms with E-state index in [2.05, 4.69) is 17.0 Å². The Kier molecular flexibility index (Phi) is 6.20. The Balaban J connectivity index is 1.57. The molecule has 35 heavy (non-hydrogen) atoms. The maximum absolute atomic E-state index is 11.2. The van der Waals surface area contributed by atoms with Gasteiger partial charge in [-0.2, -0.15) is 4.73 Å². The molecule has 0 amide bonds. The van der Waals surface area contributed by atoms with E-state index in [1.807, 2.05) is 42.5 Å². The predicted molar refractivity (Wildman–Crippen MR) is 135 cm³/mol. The van der Waals surface area contributed by atoms with Crippen LogP contribution in [0.15, 0.2) is 77.8 Å². The van der Waals surface area contributed by atoms with Gasteiger partial charge in [-0.25, -0.2) is 4.99 Å². The lowest BCUT2D eigenvalue weighted by molar-refractivity contribution is -0.384. The number of likely N-dealkylation sites (tertiary alicyclic amines) is 1. The van der Waals surface area contributed by atoms with E-state index in [9.17, 15) is 20.4 Å². The van der Waals surface area contributed by atoms with Crippen LogP contribution in [0.5, 0.6) is 5.88 Å². The fraction of sp³-hybridized carbons (Fsp3) is 0.222. The van der Waals surface area contributed by atoms with E-state index in [-0.39, 0.29) is 11.2 Å². The molecule has 0 saturated carbocycles. The number of nitrogens with zero attached hydrogens (tertiary/aromatic N) is 4. The number of fused-ring (bicyclic) bond motifs is 1. The first-order chi connectivity index (χ1) is 17.0. The second-order valence-electron chi connectivity index (χ2n) is 8.80. The molecule has 1 fully saturated rings. The average molecular weight is 471 g/mol. The first-order valence-electron chi connectivity index (χ1n) is 11.7. The van der Waals surface area contributed by atoms with Crippen LogP contribution in [-0.4, -0.2) is 43.7 Å². The topological polar surface area (TPSA) is 104 Å². The molecule has 2 N–H and O–H groups in total. The molecule has 0 bridgehead atoms. The number of hydrogen-bond donors (Lipinski definition) is 2. The highest BCUT2D eigenvalue weighted by Crippen LogP contribution is 2.35. The highest BCUT2D eigenvalue weighted by Gasteiger charge is 2.24. The molecule has 1 saturated heterocycles. The van der Waals surface area contributed by atoms with Crippen LogP contribution in [0, 0.1) is 10.1 Å². The van der Waals surface area contributed by atoms with Crippen LogP contribution in [0.1, 0.15) is 36.0 Å². The Labute approximate surface area is 202 Å². The van der Waals surface area contributed by atoms with E-state index in [0.29, 0.717) is 27.1 Å². The Morgan fingerprint density at radius 2 is 1.69 bits per heavy atom. The second kappa shape index (κ2) is 9.60. The molecule has 2 heterocycles. The molecule has 0 unspecified atom stereocenters. The highest BCUT2D eigenvalue weighted by atomic mass is 16.6. The van der Waals surface area contributed by atoms with Crippen LogP contribution in [-0.2, 0) is 6.54 Å². The Bertz CT molecular complexity index is 1390. The van der Waals surface area contributed by atoms with Crippen molar-refractivity contribution in [3.05, 3.63) is 99.6 Å². The molecular weight excluding hydrogens is 444 g/mol. The summed E-state index contributed by atoms with van der Waals surface area (Å²) in [5.74, 6) is -0.426. The summed E-state index contributed by atoms with van der Waals surface area (Å²) in [7, 11) is 0. The van der Waals surface area contributed by atoms with Crippen LogP contribution in [0.2, 0.25) is 0 Å². The zero-order chi connectivity index (χ0) is 24.4. The molecular formula is C27H26N4O4. The molecule has 1 aliphatic heterocycles. The fourth-order valence-corrected chi connectivity index (χ4v) is 4.64. The van der Waals surface area contributed by atoms with Gasteiger partial charge in [-0.3, -0.25) is 15.0 Å². The summed E-state index contributed by atoms with van der Waals surface area (Å²) in [6.07, 6.45) is 3.79. The summed E-state index contributed by atoms with van der Waals surface area (Å²) in [6, 6.07) is 21.5. The normalized spacial score (nSPS) is 14.9. The molecule has 178 valence electrons. The van der Waals surface area contributed by atoms with E-state index in [0.717, 1.165) is 25.2 Å². The standard InChI is InChI=1S/C27H26N4O4/c32-27-25(23-14-13-22(31(34)35)17-24(23)30(27)33)26(20-7-3-1-4-8-20)28-21-11-9-19(10-12-21)18-29-15-5-2-6-16-29/h1,3-4,7-14,17,32-33H,2,5-6,15-16,18H2. The molecule has 4 aromatic rings. The number of aliphatic imine (C=N–C) groups is 1. The minimum atomic E-state index is -0.541. The van der Waals surface area contributed by atoms with Crippen molar-refractivity contribution in [1.29, 1.82) is 0 Å². The minimum absolute atomic E-state index is 0.132. The molecule has 0 atom stereocenters. The largest absolute Gasteiger partial charge is 0.492 e. The Morgan fingerprint density at radius 3 is 2.37 bits per heavy atom. The van der Waals surface area contributed by atoms with Crippen molar-refractivity contribution in [3.63, 3.8) is 0 Å². The summed E-state index contributed by atoms with van der Waals surface area (Å²) < 4.78 is 0.567. The average Bonchev–Trinajstić information content (AvgIpc) is 3.14. The van der Waals surface area contributed by atoms with E-state index in [1.54, 1.807) is 0 Å². The van der Waals surface area contributed by atoms with Gasteiger partial charge in [0.15, 0.2) is 0 Å². The molecule has 1 aromatic heterocycles. The summed E-state index contributed by atoms with van der Waals surface area (Å²) in [5.41, 5.74) is 3.37. The number of non-ortho nitro benzene ring substituents is 1. The van der Waals surface area contributed by atoms with Crippen LogP contribution in [0.4, 0.5) is 11.4 Å². The van der Waals surface area contributed by atoms with Gasteiger partial charge in [0.2, 0.25) is 5.88 Å². The maximum Gasteiger partial charge on any atom is 0.271 e. The molecule has 0 spiro atoms. The Hall–Kier alpha value is -4.17. The lowest BCUT2D eigenvalue weighted by Gasteiger charge is -2.26. The quantitative estimate of drug-likeness (QED) is 0.164. The lowest BCUT2D eigenvalue weighted by atomic mass is 10.0. The number of benzene rings is 3. The third-order valence-corrected chi connectivity index (χ3v) is 6.43. The third kappa shape index (κ3) is 4.61. The van der Waals surface area contributed by atoms with Gasteiger partial charge in [-0.15, -0.1) is 0 Å². The summed E-state index contributed by atoms with van der Waals surface area (Å²) in [4.78, 5) is 18.0. The van der Waals surface area contributed by atoms with Crippen LogP contribution >= 0.6 is 0 Å². The summed E-state index contributed by atoms with van der Waals surface area (Å²) >= 11 is 0. The number of hydrogen-bond acceptors (Lipinski definition) is 6. The minimum Gasteiger partial charge on any atom is -0.492 e. The second-order valence-corrected chi connectivity index (χ2v) is 8.80. The molecule has 5 rings (SSSR count). The molecule has 0 radical (unpaired) electrons. The number of aromatic hydroxyl groups is 1. The molecule has 3 aromatic carbocycles. The van der Waals surface area contributed by atoms with Crippen molar-refractivity contribution in [2.24, 2.45) is 4.99 Å². The highest BCUT2D eigenvalue weighted by molar-refractivity contribution is 6.22. The van der Waals surface area contributed by atoms with Crippen molar-refractivity contribution in [2.45, 2.75) is 25.8 Å². The van der Waals surface area contributed by atoms with Crippen LogP contribution < -0.4 is 0 Å².